The molecular weight excluding hydrogens is 170 g/mol. The second kappa shape index (κ2) is 6.92. The predicted molar refractivity (Wildman–Crippen MR) is 65.3 cm³/mol. The molecule has 1 heteroatoms. The average molecular weight is 197 g/mol. The van der Waals surface area contributed by atoms with E-state index in [-0.39, 0.29) is 0 Å². The lowest BCUT2D eigenvalue weighted by Crippen LogP contribution is -2.30. The normalized spacial score (nSPS) is 15.3. The van der Waals surface area contributed by atoms with Gasteiger partial charge in [0, 0.05) is 11.7 Å². The summed E-state index contributed by atoms with van der Waals surface area (Å²) in [6, 6.07) is 0.611. The molecular formula is C13H27N. The van der Waals surface area contributed by atoms with Crippen molar-refractivity contribution in [1.82, 2.24) is 5.32 Å². The zero-order valence-corrected chi connectivity index (χ0v) is 10.6. The molecule has 14 heavy (non-hydrogen) atoms. The van der Waals surface area contributed by atoms with Gasteiger partial charge in [-0.1, -0.05) is 40.7 Å². The highest BCUT2D eigenvalue weighted by atomic mass is 14.9. The van der Waals surface area contributed by atoms with E-state index in [0.717, 1.165) is 17.5 Å². The first-order valence-corrected chi connectivity index (χ1v) is 5.93. The fraction of sp³-hybridized carbons (Fsp3) is 0.846. The van der Waals surface area contributed by atoms with Crippen molar-refractivity contribution in [2.45, 2.75) is 59.9 Å². The van der Waals surface area contributed by atoms with Crippen LogP contribution in [-0.2, 0) is 0 Å². The summed E-state index contributed by atoms with van der Waals surface area (Å²) >= 11 is 0. The molecule has 0 fully saturated rings. The second-order valence-electron chi connectivity index (χ2n) is 4.68. The van der Waals surface area contributed by atoms with E-state index >= 15 is 0 Å². The minimum absolute atomic E-state index is 0.611. The van der Waals surface area contributed by atoms with Crippen LogP contribution in [0.2, 0.25) is 0 Å². The Morgan fingerprint density at radius 3 is 2.07 bits per heavy atom. The Hall–Kier alpha value is -0.460. The molecule has 0 radical (unpaired) electrons. The third-order valence-corrected chi connectivity index (χ3v) is 3.00. The number of rotatable bonds is 7. The molecule has 0 heterocycles. The Morgan fingerprint density at radius 2 is 1.79 bits per heavy atom. The molecule has 0 saturated heterocycles. The maximum Gasteiger partial charge on any atom is 0.0258 e. The molecule has 0 aliphatic rings. The van der Waals surface area contributed by atoms with Gasteiger partial charge in [0.2, 0.25) is 0 Å². The highest BCUT2D eigenvalue weighted by Crippen LogP contribution is 2.21. The van der Waals surface area contributed by atoms with Gasteiger partial charge in [-0.15, -0.1) is 0 Å². The van der Waals surface area contributed by atoms with E-state index in [4.69, 9.17) is 0 Å². The van der Waals surface area contributed by atoms with Gasteiger partial charge in [0.15, 0.2) is 0 Å². The van der Waals surface area contributed by atoms with Gasteiger partial charge in [0.05, 0.1) is 0 Å². The lowest BCUT2D eigenvalue weighted by Gasteiger charge is -2.26. The zero-order chi connectivity index (χ0) is 11.1. The molecule has 0 rings (SSSR count). The average Bonchev–Trinajstić information content (AvgIpc) is 2.10. The molecule has 0 aliphatic heterocycles. The fourth-order valence-electron chi connectivity index (χ4n) is 1.95. The molecule has 0 amide bonds. The van der Waals surface area contributed by atoms with E-state index in [1.54, 1.807) is 0 Å². The Morgan fingerprint density at radius 1 is 1.21 bits per heavy atom. The summed E-state index contributed by atoms with van der Waals surface area (Å²) in [5.74, 6) is 1.63. The minimum atomic E-state index is 0.611. The molecule has 2 unspecified atom stereocenters. The smallest absolute Gasteiger partial charge is 0.0258 e. The topological polar surface area (TPSA) is 12.0 Å². The van der Waals surface area contributed by atoms with E-state index in [2.05, 4.69) is 39.6 Å². The third kappa shape index (κ3) is 5.31. The van der Waals surface area contributed by atoms with Crippen LogP contribution in [0.5, 0.6) is 0 Å². The first kappa shape index (κ1) is 13.5. The van der Waals surface area contributed by atoms with Gasteiger partial charge >= 0.3 is 0 Å². The maximum atomic E-state index is 3.91. The molecule has 1 nitrogen and oxygen atoms in total. The minimum Gasteiger partial charge on any atom is -0.386 e. The van der Waals surface area contributed by atoms with Gasteiger partial charge in [-0.25, -0.2) is 0 Å². The summed E-state index contributed by atoms with van der Waals surface area (Å²) in [7, 11) is 0. The van der Waals surface area contributed by atoms with Crippen LogP contribution in [0.3, 0.4) is 0 Å². The molecule has 0 aromatic rings. The van der Waals surface area contributed by atoms with Gasteiger partial charge in [-0.2, -0.15) is 0 Å². The second-order valence-corrected chi connectivity index (χ2v) is 4.68. The van der Waals surface area contributed by atoms with Crippen molar-refractivity contribution in [3.8, 4) is 0 Å². The Balaban J connectivity index is 4.07. The standard InChI is InChI=1S/C13H27N/c1-7-12(10(3)4)9-13(8-2)14-11(5)6/h10,12-14H,5,7-9H2,1-4,6H3. The van der Waals surface area contributed by atoms with E-state index in [0.29, 0.717) is 6.04 Å². The summed E-state index contributed by atoms with van der Waals surface area (Å²) < 4.78 is 0. The summed E-state index contributed by atoms with van der Waals surface area (Å²) in [4.78, 5) is 0. The molecule has 0 saturated carbocycles. The SMILES string of the molecule is C=C(C)NC(CC)CC(CC)C(C)C. The van der Waals surface area contributed by atoms with Crippen molar-refractivity contribution in [1.29, 1.82) is 0 Å². The number of allylic oxidation sites excluding steroid dienone is 1. The lowest BCUT2D eigenvalue weighted by atomic mass is 9.86. The van der Waals surface area contributed by atoms with E-state index in [9.17, 15) is 0 Å². The third-order valence-electron chi connectivity index (χ3n) is 3.00. The van der Waals surface area contributed by atoms with Crippen LogP contribution >= 0.6 is 0 Å². The van der Waals surface area contributed by atoms with Crippen molar-refractivity contribution in [3.63, 3.8) is 0 Å². The molecule has 0 aliphatic carbocycles. The van der Waals surface area contributed by atoms with E-state index in [1.807, 2.05) is 6.92 Å². The van der Waals surface area contributed by atoms with Crippen molar-refractivity contribution in [2.75, 3.05) is 0 Å². The molecule has 0 bridgehead atoms. The Labute approximate surface area is 90.0 Å². The molecule has 0 aromatic carbocycles. The number of nitrogens with one attached hydrogen (secondary N) is 1. The molecule has 0 spiro atoms. The fourth-order valence-corrected chi connectivity index (χ4v) is 1.95. The molecule has 84 valence electrons. The number of hydrogen-bond donors (Lipinski definition) is 1. The molecule has 0 aromatic heterocycles. The van der Waals surface area contributed by atoms with Gasteiger partial charge in [0.1, 0.15) is 0 Å². The van der Waals surface area contributed by atoms with E-state index < -0.39 is 0 Å². The monoisotopic (exact) mass is 197 g/mol. The highest BCUT2D eigenvalue weighted by molar-refractivity contribution is 4.89. The van der Waals surface area contributed by atoms with Crippen LogP contribution in [0.25, 0.3) is 0 Å². The highest BCUT2D eigenvalue weighted by Gasteiger charge is 2.16. The van der Waals surface area contributed by atoms with Gasteiger partial charge < -0.3 is 5.32 Å². The van der Waals surface area contributed by atoms with Crippen molar-refractivity contribution >= 4 is 0 Å². The largest absolute Gasteiger partial charge is 0.386 e. The Kier molecular flexibility index (Phi) is 6.69. The van der Waals surface area contributed by atoms with E-state index in [1.165, 1.54) is 19.3 Å². The Bertz CT molecular complexity index is 161. The van der Waals surface area contributed by atoms with Crippen LogP contribution in [0, 0.1) is 11.8 Å². The predicted octanol–water partition coefficient (Wildman–Crippen LogP) is 3.96. The molecule has 2 atom stereocenters. The van der Waals surface area contributed by atoms with Crippen LogP contribution < -0.4 is 5.32 Å². The summed E-state index contributed by atoms with van der Waals surface area (Å²) in [6.07, 6.45) is 3.75. The van der Waals surface area contributed by atoms with Crippen molar-refractivity contribution in [3.05, 3.63) is 12.3 Å². The van der Waals surface area contributed by atoms with Crippen LogP contribution in [-0.4, -0.2) is 6.04 Å². The molecule has 1 N–H and O–H groups in total. The summed E-state index contributed by atoms with van der Waals surface area (Å²) in [5.41, 5.74) is 1.09. The van der Waals surface area contributed by atoms with Gasteiger partial charge in [-0.05, 0) is 31.6 Å². The first-order chi connectivity index (χ1) is 6.51. The number of hydrogen-bond acceptors (Lipinski definition) is 1. The van der Waals surface area contributed by atoms with Crippen molar-refractivity contribution < 1.29 is 0 Å². The quantitative estimate of drug-likeness (QED) is 0.651. The van der Waals surface area contributed by atoms with Crippen molar-refractivity contribution in [2.24, 2.45) is 11.8 Å². The van der Waals surface area contributed by atoms with Gasteiger partial charge in [-0.3, -0.25) is 0 Å². The first-order valence-electron chi connectivity index (χ1n) is 5.93. The zero-order valence-electron chi connectivity index (χ0n) is 10.6. The lowest BCUT2D eigenvalue weighted by molar-refractivity contribution is 0.304. The summed E-state index contributed by atoms with van der Waals surface area (Å²) in [5, 5.41) is 3.45. The summed E-state index contributed by atoms with van der Waals surface area (Å²) in [6.45, 7) is 15.1. The van der Waals surface area contributed by atoms with Crippen LogP contribution in [0.4, 0.5) is 0 Å². The van der Waals surface area contributed by atoms with Gasteiger partial charge in [0.25, 0.3) is 0 Å². The van der Waals surface area contributed by atoms with Crippen LogP contribution in [0.1, 0.15) is 53.9 Å². The maximum absolute atomic E-state index is 3.91. The van der Waals surface area contributed by atoms with Crippen LogP contribution in [0.15, 0.2) is 12.3 Å².